The number of benzene rings is 1. The van der Waals surface area contributed by atoms with Crippen LogP contribution < -0.4 is 19.5 Å². The fourth-order valence-corrected chi connectivity index (χ4v) is 3.53. The van der Waals surface area contributed by atoms with Crippen LogP contribution in [0.5, 0.6) is 17.2 Å². The Hall–Kier alpha value is -2.18. The van der Waals surface area contributed by atoms with E-state index >= 15 is 0 Å². The van der Waals surface area contributed by atoms with E-state index in [2.05, 4.69) is 52.3 Å². The second-order valence-corrected chi connectivity index (χ2v) is 6.19. The van der Waals surface area contributed by atoms with Crippen LogP contribution in [0.1, 0.15) is 17.3 Å². The first-order valence-electron chi connectivity index (χ1n) is 8.55. The third-order valence-corrected chi connectivity index (χ3v) is 4.78. The molecule has 2 heterocycles. The molecule has 1 atom stereocenters. The lowest BCUT2D eigenvalue weighted by molar-refractivity contribution is 0.192. The molecule has 136 valence electrons. The van der Waals surface area contributed by atoms with Gasteiger partial charge in [-0.05, 0) is 29.8 Å². The van der Waals surface area contributed by atoms with Gasteiger partial charge in [0.15, 0.2) is 11.5 Å². The van der Waals surface area contributed by atoms with Crippen molar-refractivity contribution in [1.29, 1.82) is 0 Å². The Balaban J connectivity index is 2.11. The van der Waals surface area contributed by atoms with Gasteiger partial charge >= 0.3 is 0 Å². The predicted octanol–water partition coefficient (Wildman–Crippen LogP) is 2.05. The molecule has 0 amide bonds. The van der Waals surface area contributed by atoms with Gasteiger partial charge in [-0.1, -0.05) is 0 Å². The van der Waals surface area contributed by atoms with E-state index in [9.17, 15) is 0 Å². The third kappa shape index (κ3) is 3.45. The summed E-state index contributed by atoms with van der Waals surface area (Å²) < 4.78 is 18.8. The number of nitrogens with zero attached hydrogens (tertiary/aromatic N) is 2. The zero-order chi connectivity index (χ0) is 17.8. The molecule has 3 rings (SSSR count). The molecule has 0 saturated carbocycles. The van der Waals surface area contributed by atoms with Crippen LogP contribution in [0.2, 0.25) is 0 Å². The molecule has 1 N–H and O–H groups in total. The van der Waals surface area contributed by atoms with Crippen molar-refractivity contribution in [1.82, 2.24) is 14.8 Å². The maximum absolute atomic E-state index is 5.56. The van der Waals surface area contributed by atoms with Crippen molar-refractivity contribution in [3.63, 3.8) is 0 Å². The fraction of sp³-hybridized carbons (Fsp3) is 0.474. The van der Waals surface area contributed by atoms with Crippen molar-refractivity contribution in [2.75, 3.05) is 47.5 Å². The highest BCUT2D eigenvalue weighted by Gasteiger charge is 2.28. The first-order chi connectivity index (χ1) is 12.2. The Kier molecular flexibility index (Phi) is 5.50. The summed E-state index contributed by atoms with van der Waals surface area (Å²) in [5.74, 6) is 2.00. The van der Waals surface area contributed by atoms with Crippen molar-refractivity contribution in [3.05, 3.63) is 41.7 Å². The highest BCUT2D eigenvalue weighted by molar-refractivity contribution is 5.55. The Bertz CT molecular complexity index is 683. The molecule has 1 unspecified atom stereocenters. The van der Waals surface area contributed by atoms with E-state index < -0.39 is 0 Å². The van der Waals surface area contributed by atoms with Crippen molar-refractivity contribution >= 4 is 0 Å². The zero-order valence-electron chi connectivity index (χ0n) is 15.4. The van der Waals surface area contributed by atoms with Crippen LogP contribution in [0.4, 0.5) is 0 Å². The van der Waals surface area contributed by atoms with E-state index in [1.807, 2.05) is 0 Å². The predicted molar refractivity (Wildman–Crippen MR) is 97.8 cm³/mol. The van der Waals surface area contributed by atoms with Gasteiger partial charge in [-0.25, -0.2) is 0 Å². The van der Waals surface area contributed by atoms with E-state index in [0.29, 0.717) is 17.2 Å². The molecule has 1 saturated heterocycles. The lowest BCUT2D eigenvalue weighted by Gasteiger charge is -2.36. The minimum Gasteiger partial charge on any atom is -0.493 e. The van der Waals surface area contributed by atoms with Gasteiger partial charge in [0.05, 0.1) is 27.4 Å². The van der Waals surface area contributed by atoms with Gasteiger partial charge in [0.1, 0.15) is 0 Å². The lowest BCUT2D eigenvalue weighted by atomic mass is 9.99. The fourth-order valence-electron chi connectivity index (χ4n) is 3.53. The van der Waals surface area contributed by atoms with Crippen LogP contribution in [-0.2, 0) is 7.05 Å². The van der Waals surface area contributed by atoms with Crippen molar-refractivity contribution in [2.24, 2.45) is 7.05 Å². The molecule has 1 aromatic heterocycles. The van der Waals surface area contributed by atoms with Gasteiger partial charge in [0.25, 0.3) is 0 Å². The van der Waals surface area contributed by atoms with Crippen LogP contribution in [0.25, 0.3) is 0 Å². The molecule has 0 spiro atoms. The maximum Gasteiger partial charge on any atom is 0.203 e. The number of hydrogen-bond acceptors (Lipinski definition) is 5. The molecule has 1 fully saturated rings. The Labute approximate surface area is 149 Å². The molecule has 1 aliphatic rings. The maximum atomic E-state index is 5.56. The summed E-state index contributed by atoms with van der Waals surface area (Å²) in [6.45, 7) is 3.97. The number of piperazine rings is 1. The number of aryl methyl sites for hydroxylation is 1. The van der Waals surface area contributed by atoms with Gasteiger partial charge in [-0.15, -0.1) is 0 Å². The molecule has 0 bridgehead atoms. The Morgan fingerprint density at radius 3 is 2.12 bits per heavy atom. The first kappa shape index (κ1) is 17.6. The summed E-state index contributed by atoms with van der Waals surface area (Å²) in [7, 11) is 7.03. The number of nitrogens with one attached hydrogen (secondary N) is 1. The quantitative estimate of drug-likeness (QED) is 0.868. The number of ether oxygens (including phenoxy) is 3. The molecular weight excluding hydrogens is 318 g/mol. The molecule has 1 aliphatic heterocycles. The van der Waals surface area contributed by atoms with Crippen LogP contribution in [0.3, 0.4) is 0 Å². The van der Waals surface area contributed by atoms with E-state index in [-0.39, 0.29) is 6.04 Å². The third-order valence-electron chi connectivity index (χ3n) is 4.78. The van der Waals surface area contributed by atoms with Gasteiger partial charge < -0.3 is 24.1 Å². The van der Waals surface area contributed by atoms with Crippen molar-refractivity contribution < 1.29 is 14.2 Å². The van der Waals surface area contributed by atoms with Gasteiger partial charge in [-0.3, -0.25) is 4.90 Å². The van der Waals surface area contributed by atoms with E-state index in [4.69, 9.17) is 14.2 Å². The molecule has 6 nitrogen and oxygen atoms in total. The number of aromatic nitrogens is 1. The van der Waals surface area contributed by atoms with Crippen LogP contribution in [0, 0.1) is 0 Å². The highest BCUT2D eigenvalue weighted by atomic mass is 16.5. The second-order valence-electron chi connectivity index (χ2n) is 6.19. The summed E-state index contributed by atoms with van der Waals surface area (Å²) in [6, 6.07) is 8.51. The monoisotopic (exact) mass is 345 g/mol. The molecule has 6 heteroatoms. The second kappa shape index (κ2) is 7.80. The Morgan fingerprint density at radius 1 is 1.00 bits per heavy atom. The van der Waals surface area contributed by atoms with Gasteiger partial charge in [0.2, 0.25) is 5.75 Å². The summed E-state index contributed by atoms with van der Waals surface area (Å²) in [5, 5.41) is 3.43. The highest BCUT2D eigenvalue weighted by Crippen LogP contribution is 2.42. The van der Waals surface area contributed by atoms with Crippen molar-refractivity contribution in [3.8, 4) is 17.2 Å². The summed E-state index contributed by atoms with van der Waals surface area (Å²) >= 11 is 0. The number of rotatable bonds is 6. The lowest BCUT2D eigenvalue weighted by Crippen LogP contribution is -2.45. The minimum absolute atomic E-state index is 0.135. The van der Waals surface area contributed by atoms with Gasteiger partial charge in [-0.2, -0.15) is 0 Å². The first-order valence-corrected chi connectivity index (χ1v) is 8.55. The SMILES string of the molecule is COc1cc(C(c2cccn2C)N2CCNCC2)cc(OC)c1OC. The van der Waals surface area contributed by atoms with Crippen LogP contribution >= 0.6 is 0 Å². The largest absolute Gasteiger partial charge is 0.493 e. The van der Waals surface area contributed by atoms with Crippen LogP contribution in [-0.4, -0.2) is 57.0 Å². The molecule has 0 aliphatic carbocycles. The Morgan fingerprint density at radius 2 is 1.64 bits per heavy atom. The molecule has 2 aromatic rings. The van der Waals surface area contributed by atoms with Crippen molar-refractivity contribution in [2.45, 2.75) is 6.04 Å². The van der Waals surface area contributed by atoms with E-state index in [1.54, 1.807) is 21.3 Å². The van der Waals surface area contributed by atoms with E-state index in [0.717, 1.165) is 31.7 Å². The standard InChI is InChI=1S/C19H27N3O3/c1-21-9-5-6-15(21)18(22-10-7-20-8-11-22)14-12-16(23-2)19(25-4)17(13-14)24-3/h5-6,9,12-13,18,20H,7-8,10-11H2,1-4H3. The average Bonchev–Trinajstić information content (AvgIpc) is 3.07. The topological polar surface area (TPSA) is 47.9 Å². The smallest absolute Gasteiger partial charge is 0.203 e. The molecule has 0 radical (unpaired) electrons. The van der Waals surface area contributed by atoms with Crippen LogP contribution in [0.15, 0.2) is 30.5 Å². The number of hydrogen-bond donors (Lipinski definition) is 1. The van der Waals surface area contributed by atoms with E-state index in [1.165, 1.54) is 5.69 Å². The number of methoxy groups -OCH3 is 3. The molecular formula is C19H27N3O3. The minimum atomic E-state index is 0.135. The average molecular weight is 345 g/mol. The zero-order valence-corrected chi connectivity index (χ0v) is 15.4. The normalized spacial score (nSPS) is 16.5. The molecule has 1 aromatic carbocycles. The summed E-state index contributed by atoms with van der Waals surface area (Å²) in [4.78, 5) is 2.49. The summed E-state index contributed by atoms with van der Waals surface area (Å²) in [6.07, 6.45) is 2.09. The van der Waals surface area contributed by atoms with Gasteiger partial charge in [0, 0.05) is 45.1 Å². The summed E-state index contributed by atoms with van der Waals surface area (Å²) in [5.41, 5.74) is 2.38. The molecule has 25 heavy (non-hydrogen) atoms.